The van der Waals surface area contributed by atoms with Crippen LogP contribution in [0.4, 0.5) is 18.9 Å². The highest BCUT2D eigenvalue weighted by atomic mass is 19.4. The van der Waals surface area contributed by atoms with Crippen molar-refractivity contribution in [2.45, 2.75) is 25.9 Å². The SMILES string of the molecule is FC(F)(F)Oc1ccc(/C=C/c2nc(CNc3ccc(OCCCn4ccnn4)cc3)co2)cc1. The summed E-state index contributed by atoms with van der Waals surface area (Å²) in [6, 6.07) is 13.1. The lowest BCUT2D eigenvalue weighted by molar-refractivity contribution is -0.274. The Morgan fingerprint density at radius 1 is 1.00 bits per heavy atom. The molecule has 0 saturated heterocycles. The molecule has 0 aliphatic heterocycles. The van der Waals surface area contributed by atoms with Gasteiger partial charge in [0.1, 0.15) is 17.8 Å². The van der Waals surface area contributed by atoms with Gasteiger partial charge in [-0.25, -0.2) is 4.98 Å². The van der Waals surface area contributed by atoms with E-state index in [2.05, 4.69) is 25.3 Å². The zero-order valence-corrected chi connectivity index (χ0v) is 18.5. The molecule has 0 aliphatic rings. The second-order valence-electron chi connectivity index (χ2n) is 7.37. The average Bonchev–Trinajstić information content (AvgIpc) is 3.52. The van der Waals surface area contributed by atoms with E-state index in [4.69, 9.17) is 9.15 Å². The molecule has 0 amide bonds. The monoisotopic (exact) mass is 485 g/mol. The van der Waals surface area contributed by atoms with Crippen molar-refractivity contribution >= 4 is 17.8 Å². The number of benzene rings is 2. The van der Waals surface area contributed by atoms with Gasteiger partial charge in [0, 0.05) is 30.9 Å². The van der Waals surface area contributed by atoms with Crippen molar-refractivity contribution in [3.05, 3.63) is 84.3 Å². The normalized spacial score (nSPS) is 11.6. The zero-order valence-electron chi connectivity index (χ0n) is 18.5. The molecule has 0 saturated carbocycles. The number of hydrogen-bond acceptors (Lipinski definition) is 7. The van der Waals surface area contributed by atoms with E-state index in [0.717, 1.165) is 24.4 Å². The summed E-state index contributed by atoms with van der Waals surface area (Å²) in [5, 5.41) is 10.9. The fourth-order valence-corrected chi connectivity index (χ4v) is 3.06. The number of alkyl halides is 3. The molecule has 0 fully saturated rings. The molecule has 1 N–H and O–H groups in total. The molecule has 4 aromatic rings. The maximum Gasteiger partial charge on any atom is 0.573 e. The molecule has 2 aromatic heterocycles. The first kappa shape index (κ1) is 23.9. The molecule has 0 unspecified atom stereocenters. The van der Waals surface area contributed by atoms with Crippen molar-refractivity contribution in [3.8, 4) is 11.5 Å². The lowest BCUT2D eigenvalue weighted by atomic mass is 10.2. The van der Waals surface area contributed by atoms with Crippen LogP contribution in [0.1, 0.15) is 23.6 Å². The van der Waals surface area contributed by atoms with Gasteiger partial charge in [-0.2, -0.15) is 0 Å². The van der Waals surface area contributed by atoms with Gasteiger partial charge in [-0.05, 0) is 48.0 Å². The summed E-state index contributed by atoms with van der Waals surface area (Å²) in [4.78, 5) is 4.37. The lowest BCUT2D eigenvalue weighted by Gasteiger charge is -2.08. The van der Waals surface area contributed by atoms with Crippen LogP contribution in [0.5, 0.6) is 11.5 Å². The highest BCUT2D eigenvalue weighted by Crippen LogP contribution is 2.23. The Balaban J connectivity index is 1.20. The molecule has 4 rings (SSSR count). The van der Waals surface area contributed by atoms with E-state index in [1.54, 1.807) is 29.3 Å². The number of halogens is 3. The molecular formula is C24H22F3N5O3. The molecule has 0 spiro atoms. The standard InChI is InChI=1S/C24H22F3N5O3/c25-24(26,27)35-22-7-2-18(3-8-22)4-11-23-30-20(17-34-23)16-28-19-5-9-21(10-6-19)33-15-1-13-32-14-12-29-31-32/h2-12,14,17,28H,1,13,15-16H2/b11-4+. The van der Waals surface area contributed by atoms with Crippen LogP contribution in [0.25, 0.3) is 12.2 Å². The minimum Gasteiger partial charge on any atom is -0.494 e. The van der Waals surface area contributed by atoms with Gasteiger partial charge in [0.15, 0.2) is 0 Å². The Labute approximate surface area is 199 Å². The van der Waals surface area contributed by atoms with Crippen LogP contribution in [0.3, 0.4) is 0 Å². The summed E-state index contributed by atoms with van der Waals surface area (Å²) in [5.74, 6) is 0.884. The zero-order chi connectivity index (χ0) is 24.5. The van der Waals surface area contributed by atoms with Crippen LogP contribution >= 0.6 is 0 Å². The van der Waals surface area contributed by atoms with E-state index in [1.807, 2.05) is 30.5 Å². The fourth-order valence-electron chi connectivity index (χ4n) is 3.06. The number of aryl methyl sites for hydroxylation is 1. The van der Waals surface area contributed by atoms with Gasteiger partial charge in [0.25, 0.3) is 0 Å². The van der Waals surface area contributed by atoms with Crippen molar-refractivity contribution in [3.63, 3.8) is 0 Å². The van der Waals surface area contributed by atoms with Gasteiger partial charge in [-0.15, -0.1) is 18.3 Å². The van der Waals surface area contributed by atoms with Crippen LogP contribution in [0.2, 0.25) is 0 Å². The Morgan fingerprint density at radius 3 is 2.49 bits per heavy atom. The third-order valence-corrected chi connectivity index (χ3v) is 4.70. The Morgan fingerprint density at radius 2 is 1.77 bits per heavy atom. The van der Waals surface area contributed by atoms with Crippen molar-refractivity contribution in [2.75, 3.05) is 11.9 Å². The number of oxazole rings is 1. The highest BCUT2D eigenvalue weighted by Gasteiger charge is 2.30. The van der Waals surface area contributed by atoms with Gasteiger partial charge < -0.3 is 19.2 Å². The van der Waals surface area contributed by atoms with E-state index in [1.165, 1.54) is 24.3 Å². The number of nitrogens with one attached hydrogen (secondary N) is 1. The summed E-state index contributed by atoms with van der Waals surface area (Å²) >= 11 is 0. The van der Waals surface area contributed by atoms with Gasteiger partial charge in [0.2, 0.25) is 5.89 Å². The number of nitrogens with zero attached hydrogens (tertiary/aromatic N) is 4. The number of anilines is 1. The van der Waals surface area contributed by atoms with Crippen LogP contribution in [0.15, 0.2) is 71.6 Å². The van der Waals surface area contributed by atoms with Crippen LogP contribution < -0.4 is 14.8 Å². The highest BCUT2D eigenvalue weighted by molar-refractivity contribution is 5.66. The maximum atomic E-state index is 12.2. The van der Waals surface area contributed by atoms with Crippen molar-refractivity contribution in [1.82, 2.24) is 20.0 Å². The Kier molecular flexibility index (Phi) is 7.66. The summed E-state index contributed by atoms with van der Waals surface area (Å²) in [6.45, 7) is 1.78. The number of aromatic nitrogens is 4. The molecule has 0 bridgehead atoms. The summed E-state index contributed by atoms with van der Waals surface area (Å²) in [7, 11) is 0. The number of rotatable bonds is 11. The molecule has 35 heavy (non-hydrogen) atoms. The molecule has 11 heteroatoms. The molecule has 0 atom stereocenters. The maximum absolute atomic E-state index is 12.2. The van der Waals surface area contributed by atoms with Gasteiger partial charge in [-0.1, -0.05) is 17.3 Å². The predicted octanol–water partition coefficient (Wildman–Crippen LogP) is 5.42. The largest absolute Gasteiger partial charge is 0.573 e. The first-order valence-electron chi connectivity index (χ1n) is 10.7. The average molecular weight is 485 g/mol. The van der Waals surface area contributed by atoms with Crippen molar-refractivity contribution < 1.29 is 27.1 Å². The smallest absolute Gasteiger partial charge is 0.494 e. The molecule has 182 valence electrons. The van der Waals surface area contributed by atoms with E-state index >= 15 is 0 Å². The van der Waals surface area contributed by atoms with Crippen LogP contribution in [-0.4, -0.2) is 32.9 Å². The van der Waals surface area contributed by atoms with Gasteiger partial charge in [0.05, 0.1) is 25.0 Å². The Bertz CT molecular complexity index is 1200. The quantitative estimate of drug-likeness (QED) is 0.284. The number of ether oxygens (including phenoxy) is 2. The summed E-state index contributed by atoms with van der Waals surface area (Å²) in [6.07, 6.45) is 4.43. The van der Waals surface area contributed by atoms with E-state index in [9.17, 15) is 13.2 Å². The number of hydrogen-bond donors (Lipinski definition) is 1. The molecular weight excluding hydrogens is 463 g/mol. The molecule has 2 aromatic carbocycles. The third kappa shape index (κ3) is 7.91. The van der Waals surface area contributed by atoms with E-state index in [-0.39, 0.29) is 5.75 Å². The minimum atomic E-state index is -4.71. The minimum absolute atomic E-state index is 0.276. The fraction of sp³-hybridized carbons (Fsp3) is 0.208. The third-order valence-electron chi connectivity index (χ3n) is 4.70. The second-order valence-corrected chi connectivity index (χ2v) is 7.37. The summed E-state index contributed by atoms with van der Waals surface area (Å²) < 4.78 is 53.5. The van der Waals surface area contributed by atoms with Crippen molar-refractivity contribution in [1.29, 1.82) is 0 Å². The molecule has 0 aliphatic carbocycles. The summed E-state index contributed by atoms with van der Waals surface area (Å²) in [5.41, 5.74) is 2.28. The van der Waals surface area contributed by atoms with Gasteiger partial charge >= 0.3 is 6.36 Å². The first-order chi connectivity index (χ1) is 16.9. The predicted molar refractivity (Wildman–Crippen MR) is 122 cm³/mol. The molecule has 0 radical (unpaired) electrons. The Hall–Kier alpha value is -4.28. The van der Waals surface area contributed by atoms with Crippen LogP contribution in [-0.2, 0) is 13.1 Å². The van der Waals surface area contributed by atoms with Crippen molar-refractivity contribution in [2.24, 2.45) is 0 Å². The second kappa shape index (κ2) is 11.2. The molecule has 8 nitrogen and oxygen atoms in total. The van der Waals surface area contributed by atoms with Crippen LogP contribution in [0, 0.1) is 0 Å². The first-order valence-corrected chi connectivity index (χ1v) is 10.7. The van der Waals surface area contributed by atoms with Gasteiger partial charge in [-0.3, -0.25) is 4.68 Å². The topological polar surface area (TPSA) is 87.2 Å². The van der Waals surface area contributed by atoms with E-state index < -0.39 is 6.36 Å². The van der Waals surface area contributed by atoms with E-state index in [0.29, 0.717) is 30.3 Å². The molecule has 2 heterocycles. The lowest BCUT2D eigenvalue weighted by Crippen LogP contribution is -2.16.